The summed E-state index contributed by atoms with van der Waals surface area (Å²) in [5.41, 5.74) is 0. The summed E-state index contributed by atoms with van der Waals surface area (Å²) in [5, 5.41) is 0. The van der Waals surface area contributed by atoms with Crippen molar-refractivity contribution < 1.29 is 9.47 Å². The second-order valence-corrected chi connectivity index (χ2v) is 4.25. The van der Waals surface area contributed by atoms with Crippen LogP contribution in [0.15, 0.2) is 0 Å². The van der Waals surface area contributed by atoms with E-state index < -0.39 is 0 Å². The van der Waals surface area contributed by atoms with Gasteiger partial charge in [0.25, 0.3) is 0 Å². The molecular formula is C10H21FO. The van der Waals surface area contributed by atoms with E-state index in [1.54, 1.807) is 0 Å². The zero-order chi connectivity index (χ0) is 9.56. The Morgan fingerprint density at radius 3 is 2.00 bits per heavy atom. The summed E-state index contributed by atoms with van der Waals surface area (Å²) in [7, 11) is 0. The number of rotatable bonds is 6. The molecule has 0 aromatic carbocycles. The topological polar surface area (TPSA) is 9.23 Å². The first-order chi connectivity index (χ1) is 5.57. The molecule has 2 heteroatoms. The standard InChI is InChI=1S/C10H21FO/c1-8(2)5-6-10(7-12-11)9(3)4/h8-10H,5-7H2,1-4H3. The van der Waals surface area contributed by atoms with Gasteiger partial charge < -0.3 is 0 Å². The fraction of sp³-hybridized carbons (Fsp3) is 1.00. The quantitative estimate of drug-likeness (QED) is 0.601. The van der Waals surface area contributed by atoms with E-state index in [1.165, 1.54) is 0 Å². The minimum Gasteiger partial charge on any atom is -0.194 e. The Morgan fingerprint density at radius 1 is 1.08 bits per heavy atom. The van der Waals surface area contributed by atoms with Crippen LogP contribution in [0.5, 0.6) is 0 Å². The lowest BCUT2D eigenvalue weighted by molar-refractivity contribution is -0.150. The highest BCUT2D eigenvalue weighted by Gasteiger charge is 2.14. The van der Waals surface area contributed by atoms with Crippen LogP contribution in [0.1, 0.15) is 40.5 Å². The molecule has 0 bridgehead atoms. The molecule has 0 aliphatic rings. The molecule has 0 rings (SSSR count). The Labute approximate surface area is 75.2 Å². The monoisotopic (exact) mass is 176 g/mol. The molecule has 74 valence electrons. The highest BCUT2D eigenvalue weighted by molar-refractivity contribution is 4.63. The molecule has 0 heterocycles. The maximum atomic E-state index is 11.6. The number of halogens is 1. The molecule has 12 heavy (non-hydrogen) atoms. The number of hydrogen-bond donors (Lipinski definition) is 0. The van der Waals surface area contributed by atoms with E-state index in [-0.39, 0.29) is 6.61 Å². The Morgan fingerprint density at radius 2 is 1.67 bits per heavy atom. The molecule has 1 atom stereocenters. The van der Waals surface area contributed by atoms with Crippen LogP contribution in [0.4, 0.5) is 4.53 Å². The van der Waals surface area contributed by atoms with Crippen LogP contribution in [-0.4, -0.2) is 6.61 Å². The number of hydrogen-bond acceptors (Lipinski definition) is 1. The van der Waals surface area contributed by atoms with Crippen molar-refractivity contribution in [2.75, 3.05) is 6.61 Å². The SMILES string of the molecule is CC(C)CCC(COF)C(C)C. The van der Waals surface area contributed by atoms with Gasteiger partial charge in [-0.1, -0.05) is 34.1 Å². The first-order valence-electron chi connectivity index (χ1n) is 4.81. The minimum atomic E-state index is 0.254. The van der Waals surface area contributed by atoms with Crippen molar-refractivity contribution in [2.24, 2.45) is 17.8 Å². The first kappa shape index (κ1) is 11.9. The predicted molar refractivity (Wildman–Crippen MR) is 49.5 cm³/mol. The predicted octanol–water partition coefficient (Wildman–Crippen LogP) is 3.60. The first-order valence-corrected chi connectivity index (χ1v) is 4.81. The summed E-state index contributed by atoms with van der Waals surface area (Å²) in [6.45, 7) is 8.86. The molecule has 0 radical (unpaired) electrons. The van der Waals surface area contributed by atoms with E-state index in [0.29, 0.717) is 17.8 Å². The molecule has 1 nitrogen and oxygen atoms in total. The van der Waals surface area contributed by atoms with E-state index in [4.69, 9.17) is 0 Å². The van der Waals surface area contributed by atoms with Gasteiger partial charge in [-0.05, 0) is 28.7 Å². The lowest BCUT2D eigenvalue weighted by Crippen LogP contribution is -2.14. The van der Waals surface area contributed by atoms with Crippen molar-refractivity contribution in [3.8, 4) is 0 Å². The summed E-state index contributed by atoms with van der Waals surface area (Å²) in [4.78, 5) is 3.70. The smallest absolute Gasteiger partial charge is 0.0906 e. The maximum absolute atomic E-state index is 11.6. The fourth-order valence-corrected chi connectivity index (χ4v) is 1.24. The van der Waals surface area contributed by atoms with Gasteiger partial charge in [0.05, 0.1) is 6.61 Å². The van der Waals surface area contributed by atoms with Crippen LogP contribution < -0.4 is 0 Å². The van der Waals surface area contributed by atoms with Crippen LogP contribution in [0.2, 0.25) is 0 Å². The zero-order valence-electron chi connectivity index (χ0n) is 8.64. The van der Waals surface area contributed by atoms with Crippen molar-refractivity contribution >= 4 is 0 Å². The van der Waals surface area contributed by atoms with E-state index in [9.17, 15) is 4.53 Å². The van der Waals surface area contributed by atoms with Crippen molar-refractivity contribution in [1.29, 1.82) is 0 Å². The molecule has 0 N–H and O–H groups in total. The van der Waals surface area contributed by atoms with Gasteiger partial charge in [0, 0.05) is 0 Å². The van der Waals surface area contributed by atoms with Crippen LogP contribution in [-0.2, 0) is 4.94 Å². The van der Waals surface area contributed by atoms with Crippen molar-refractivity contribution in [3.05, 3.63) is 0 Å². The van der Waals surface area contributed by atoms with Crippen molar-refractivity contribution in [3.63, 3.8) is 0 Å². The zero-order valence-corrected chi connectivity index (χ0v) is 8.64. The third-order valence-electron chi connectivity index (χ3n) is 2.33. The van der Waals surface area contributed by atoms with Gasteiger partial charge in [-0.15, -0.1) is 0 Å². The second kappa shape index (κ2) is 6.41. The largest absolute Gasteiger partial charge is 0.194 e. The summed E-state index contributed by atoms with van der Waals surface area (Å²) >= 11 is 0. The Kier molecular flexibility index (Phi) is 6.35. The molecule has 0 aliphatic heterocycles. The maximum Gasteiger partial charge on any atom is 0.0906 e. The van der Waals surface area contributed by atoms with Crippen LogP contribution >= 0.6 is 0 Å². The Bertz CT molecular complexity index is 102. The molecule has 0 aromatic heterocycles. The highest BCUT2D eigenvalue weighted by atomic mass is 19.3. The fourth-order valence-electron chi connectivity index (χ4n) is 1.24. The van der Waals surface area contributed by atoms with Crippen molar-refractivity contribution in [1.82, 2.24) is 0 Å². The van der Waals surface area contributed by atoms with E-state index in [0.717, 1.165) is 12.8 Å². The Balaban J connectivity index is 3.63. The van der Waals surface area contributed by atoms with E-state index in [1.807, 2.05) is 0 Å². The molecule has 0 saturated heterocycles. The molecule has 0 saturated carbocycles. The normalized spacial score (nSPS) is 14.2. The average molecular weight is 176 g/mol. The molecule has 0 fully saturated rings. The average Bonchev–Trinajstić information content (AvgIpc) is 1.96. The van der Waals surface area contributed by atoms with Crippen LogP contribution in [0, 0.1) is 17.8 Å². The summed E-state index contributed by atoms with van der Waals surface area (Å²) in [6, 6.07) is 0. The van der Waals surface area contributed by atoms with Gasteiger partial charge in [-0.3, -0.25) is 0 Å². The van der Waals surface area contributed by atoms with Gasteiger partial charge in [0.1, 0.15) is 0 Å². The lowest BCUT2D eigenvalue weighted by atomic mass is 9.89. The van der Waals surface area contributed by atoms with Gasteiger partial charge in [-0.2, -0.15) is 4.94 Å². The van der Waals surface area contributed by atoms with Crippen molar-refractivity contribution in [2.45, 2.75) is 40.5 Å². The van der Waals surface area contributed by atoms with Crippen LogP contribution in [0.3, 0.4) is 0 Å². The molecule has 0 amide bonds. The molecule has 0 aliphatic carbocycles. The molecule has 0 aromatic rings. The highest BCUT2D eigenvalue weighted by Crippen LogP contribution is 2.20. The van der Waals surface area contributed by atoms with Gasteiger partial charge in [0.2, 0.25) is 0 Å². The summed E-state index contributed by atoms with van der Waals surface area (Å²) in [5.74, 6) is 1.59. The van der Waals surface area contributed by atoms with Gasteiger partial charge >= 0.3 is 0 Å². The van der Waals surface area contributed by atoms with Gasteiger partial charge in [-0.25, -0.2) is 0 Å². The second-order valence-electron chi connectivity index (χ2n) is 4.25. The van der Waals surface area contributed by atoms with E-state index in [2.05, 4.69) is 32.6 Å². The summed E-state index contributed by atoms with van der Waals surface area (Å²) in [6.07, 6.45) is 2.23. The van der Waals surface area contributed by atoms with E-state index >= 15 is 0 Å². The molecule has 1 unspecified atom stereocenters. The lowest BCUT2D eigenvalue weighted by Gasteiger charge is -2.19. The third kappa shape index (κ3) is 5.53. The molecular weight excluding hydrogens is 155 g/mol. The summed E-state index contributed by atoms with van der Waals surface area (Å²) < 4.78 is 11.6. The third-order valence-corrected chi connectivity index (χ3v) is 2.33. The molecule has 0 spiro atoms. The Hall–Kier alpha value is -0.110. The van der Waals surface area contributed by atoms with Gasteiger partial charge in [0.15, 0.2) is 0 Å². The minimum absolute atomic E-state index is 0.254. The van der Waals surface area contributed by atoms with Crippen LogP contribution in [0.25, 0.3) is 0 Å².